The molecule has 56 valence electrons. The number of alkyl halides is 1. The smallest absolute Gasteiger partial charge is 0.223 e. The molecular weight excluding hydrogens is 169 g/mol. The number of rotatable bonds is 1. The lowest BCUT2D eigenvalue weighted by molar-refractivity contribution is -0.684. The lowest BCUT2D eigenvalue weighted by Gasteiger charge is -1.91. The van der Waals surface area contributed by atoms with Crippen LogP contribution in [0, 0.1) is 6.92 Å². The molecule has 0 aliphatic carbocycles. The van der Waals surface area contributed by atoms with Gasteiger partial charge in [0.15, 0.2) is 11.9 Å². The van der Waals surface area contributed by atoms with E-state index in [4.69, 9.17) is 11.6 Å². The Bertz CT molecular complexity index is 201. The molecule has 10 heavy (non-hydrogen) atoms. The van der Waals surface area contributed by atoms with Gasteiger partial charge in [-0.1, -0.05) is 17.7 Å². The average molecular weight is 178 g/mol. The number of hydrogen-bond donors (Lipinski definition) is 0. The monoisotopic (exact) mass is 177 g/mol. The number of aromatic nitrogens is 1. The van der Waals surface area contributed by atoms with Crippen LogP contribution in [0.25, 0.3) is 0 Å². The summed E-state index contributed by atoms with van der Waals surface area (Å²) in [5.74, 6) is 0. The number of pyridine rings is 1. The summed E-state index contributed by atoms with van der Waals surface area (Å²) in [6.45, 7) is 2.03. The predicted molar refractivity (Wildman–Crippen MR) is 37.2 cm³/mol. The third kappa shape index (κ3) is 2.16. The molecule has 1 aromatic rings. The van der Waals surface area contributed by atoms with Gasteiger partial charge in [0.25, 0.3) is 0 Å². The van der Waals surface area contributed by atoms with Crippen molar-refractivity contribution >= 4 is 11.6 Å². The maximum absolute atomic E-state index is 5.60. The zero-order chi connectivity index (χ0) is 6.69. The Morgan fingerprint density at radius 1 is 1.50 bits per heavy atom. The zero-order valence-electron chi connectivity index (χ0n) is 5.72. The minimum Gasteiger partial charge on any atom is -1.00 e. The summed E-state index contributed by atoms with van der Waals surface area (Å²) in [5, 5.41) is 0. The zero-order valence-corrected chi connectivity index (χ0v) is 7.23. The van der Waals surface area contributed by atoms with Crippen molar-refractivity contribution in [2.45, 2.75) is 12.9 Å². The molecule has 1 aromatic heterocycles. The van der Waals surface area contributed by atoms with Gasteiger partial charge >= 0.3 is 0 Å². The highest BCUT2D eigenvalue weighted by Gasteiger charge is 1.98. The van der Waals surface area contributed by atoms with Crippen molar-refractivity contribution in [2.75, 3.05) is 0 Å². The molecule has 0 spiro atoms. The molecule has 1 heterocycles. The minimum absolute atomic E-state index is 0. The van der Waals surface area contributed by atoms with Crippen LogP contribution in [0.15, 0.2) is 24.4 Å². The molecule has 0 saturated carbocycles. The fraction of sp³-hybridized carbons (Fsp3) is 0.286. The fourth-order valence-electron chi connectivity index (χ4n) is 0.696. The van der Waals surface area contributed by atoms with Crippen molar-refractivity contribution in [3.63, 3.8) is 0 Å². The van der Waals surface area contributed by atoms with Gasteiger partial charge in [-0.3, -0.25) is 0 Å². The molecule has 0 aliphatic rings. The highest BCUT2D eigenvalue weighted by Crippen LogP contribution is 1.87. The van der Waals surface area contributed by atoms with Gasteiger partial charge in [0.2, 0.25) is 6.00 Å². The second kappa shape index (κ2) is 4.53. The number of nitrogens with zero attached hydrogens (tertiary/aromatic N) is 1. The summed E-state index contributed by atoms with van der Waals surface area (Å²) in [7, 11) is 0. The largest absolute Gasteiger partial charge is 1.00 e. The van der Waals surface area contributed by atoms with Crippen molar-refractivity contribution < 1.29 is 17.0 Å². The summed E-state index contributed by atoms with van der Waals surface area (Å²) >= 11 is 5.60. The maximum Gasteiger partial charge on any atom is 0.223 e. The SMILES string of the molecule is Cc1cccc[n+]1CCl.[Cl-]. The van der Waals surface area contributed by atoms with Gasteiger partial charge in [0.05, 0.1) is 0 Å². The van der Waals surface area contributed by atoms with Gasteiger partial charge in [0.1, 0.15) is 0 Å². The van der Waals surface area contributed by atoms with Crippen molar-refractivity contribution in [1.29, 1.82) is 0 Å². The quantitative estimate of drug-likeness (QED) is 0.363. The third-order valence-corrected chi connectivity index (χ3v) is 1.55. The first-order chi connectivity index (χ1) is 4.34. The van der Waals surface area contributed by atoms with Gasteiger partial charge in [-0.05, 0) is 0 Å². The van der Waals surface area contributed by atoms with Crippen molar-refractivity contribution in [2.24, 2.45) is 0 Å². The van der Waals surface area contributed by atoms with Crippen LogP contribution < -0.4 is 17.0 Å². The lowest BCUT2D eigenvalue weighted by Crippen LogP contribution is -3.00. The number of aryl methyl sites for hydroxylation is 1. The highest BCUT2D eigenvalue weighted by atomic mass is 35.5. The molecule has 0 amide bonds. The normalized spacial score (nSPS) is 8.60. The topological polar surface area (TPSA) is 3.88 Å². The van der Waals surface area contributed by atoms with Crippen LogP contribution >= 0.6 is 11.6 Å². The molecule has 0 fully saturated rings. The molecule has 0 aliphatic heterocycles. The van der Waals surface area contributed by atoms with Gasteiger partial charge in [-0.2, -0.15) is 4.57 Å². The molecule has 3 heteroatoms. The van der Waals surface area contributed by atoms with E-state index in [1.807, 2.05) is 35.9 Å². The molecule has 0 bridgehead atoms. The van der Waals surface area contributed by atoms with Crippen molar-refractivity contribution in [3.05, 3.63) is 30.1 Å². The Balaban J connectivity index is 0.000000810. The Kier molecular flexibility index (Phi) is 4.41. The first kappa shape index (κ1) is 9.73. The highest BCUT2D eigenvalue weighted by molar-refractivity contribution is 6.14. The minimum atomic E-state index is 0. The summed E-state index contributed by atoms with van der Waals surface area (Å²) < 4.78 is 1.97. The van der Waals surface area contributed by atoms with Gasteiger partial charge < -0.3 is 12.4 Å². The molecule has 1 rings (SSSR count). The van der Waals surface area contributed by atoms with E-state index >= 15 is 0 Å². The molecule has 0 N–H and O–H groups in total. The summed E-state index contributed by atoms with van der Waals surface area (Å²) in [6.07, 6.45) is 1.96. The number of halogens is 2. The molecule has 0 unspecified atom stereocenters. The Hall–Kier alpha value is -0.270. The lowest BCUT2D eigenvalue weighted by atomic mass is 10.4. The van der Waals surface area contributed by atoms with Crippen LogP contribution in [0.3, 0.4) is 0 Å². The molecule has 0 aromatic carbocycles. The van der Waals surface area contributed by atoms with Crippen molar-refractivity contribution in [1.82, 2.24) is 0 Å². The van der Waals surface area contributed by atoms with Crippen LogP contribution in [0.5, 0.6) is 0 Å². The molecular formula is C7H9Cl2N. The van der Waals surface area contributed by atoms with Crippen LogP contribution in [0.1, 0.15) is 5.69 Å². The maximum atomic E-state index is 5.60. The van der Waals surface area contributed by atoms with E-state index in [1.54, 1.807) is 0 Å². The molecule has 1 nitrogen and oxygen atoms in total. The first-order valence-electron chi connectivity index (χ1n) is 2.85. The Labute approximate surface area is 72.0 Å². The standard InChI is InChI=1S/C7H9ClN.ClH/c1-7-4-2-3-5-9(7)6-8;/h2-5H,6H2,1H3;1H/q+1;/p-1. The summed E-state index contributed by atoms with van der Waals surface area (Å²) in [5.41, 5.74) is 1.19. The van der Waals surface area contributed by atoms with Crippen LogP contribution in [0.2, 0.25) is 0 Å². The third-order valence-electron chi connectivity index (χ3n) is 1.30. The average Bonchev–Trinajstić information content (AvgIpc) is 1.89. The van der Waals surface area contributed by atoms with E-state index in [1.165, 1.54) is 5.69 Å². The first-order valence-corrected chi connectivity index (χ1v) is 3.39. The Morgan fingerprint density at radius 2 is 2.20 bits per heavy atom. The van der Waals surface area contributed by atoms with Crippen molar-refractivity contribution in [3.8, 4) is 0 Å². The molecule has 0 saturated heterocycles. The van der Waals surface area contributed by atoms with Gasteiger partial charge in [-0.15, -0.1) is 0 Å². The van der Waals surface area contributed by atoms with E-state index in [0.717, 1.165) is 0 Å². The van der Waals surface area contributed by atoms with E-state index < -0.39 is 0 Å². The van der Waals surface area contributed by atoms with E-state index in [-0.39, 0.29) is 12.4 Å². The van der Waals surface area contributed by atoms with Gasteiger partial charge in [0, 0.05) is 19.1 Å². The fourth-order valence-corrected chi connectivity index (χ4v) is 0.964. The summed E-state index contributed by atoms with van der Waals surface area (Å²) in [6, 6.07) is 6.53. The van der Waals surface area contributed by atoms with E-state index in [0.29, 0.717) is 6.00 Å². The van der Waals surface area contributed by atoms with E-state index in [9.17, 15) is 0 Å². The molecule has 0 radical (unpaired) electrons. The predicted octanol–water partition coefficient (Wildman–Crippen LogP) is -1.52. The molecule has 0 atom stereocenters. The summed E-state index contributed by atoms with van der Waals surface area (Å²) in [4.78, 5) is 0. The second-order valence-electron chi connectivity index (χ2n) is 1.93. The van der Waals surface area contributed by atoms with Crippen LogP contribution in [-0.4, -0.2) is 0 Å². The van der Waals surface area contributed by atoms with Crippen LogP contribution in [-0.2, 0) is 6.00 Å². The number of hydrogen-bond acceptors (Lipinski definition) is 0. The van der Waals surface area contributed by atoms with E-state index in [2.05, 4.69) is 0 Å². The van der Waals surface area contributed by atoms with Crippen LogP contribution in [0.4, 0.5) is 0 Å². The Morgan fingerprint density at radius 3 is 2.60 bits per heavy atom. The second-order valence-corrected chi connectivity index (χ2v) is 2.17. The van der Waals surface area contributed by atoms with Gasteiger partial charge in [-0.25, -0.2) is 0 Å².